The van der Waals surface area contributed by atoms with Crippen LogP contribution in [-0.4, -0.2) is 30.2 Å². The van der Waals surface area contributed by atoms with Crippen molar-refractivity contribution in [3.8, 4) is 0 Å². The van der Waals surface area contributed by atoms with Crippen molar-refractivity contribution in [2.75, 3.05) is 0 Å². The number of hydrogen-bond acceptors (Lipinski definition) is 3. The fraction of sp³-hybridized carbons (Fsp3) is 0.714. The summed E-state index contributed by atoms with van der Waals surface area (Å²) in [5.41, 5.74) is -1.03. The Labute approximate surface area is 136 Å². The lowest BCUT2D eigenvalue weighted by molar-refractivity contribution is -0.194. The first-order valence-electron chi connectivity index (χ1n) is 7.29. The van der Waals surface area contributed by atoms with Crippen LogP contribution in [0, 0.1) is 0 Å². The summed E-state index contributed by atoms with van der Waals surface area (Å²) in [6.45, 7) is 5.88. The third-order valence-electron chi connectivity index (χ3n) is 3.62. The molecule has 1 aliphatic carbocycles. The van der Waals surface area contributed by atoms with Crippen LogP contribution in [0.25, 0.3) is 0 Å². The van der Waals surface area contributed by atoms with Crippen LogP contribution in [0.2, 0.25) is 0 Å². The molecule has 1 saturated carbocycles. The molecular formula is C14H19F6O3P. The average Bonchev–Trinajstić information content (AvgIpc) is 2.49. The van der Waals surface area contributed by atoms with Gasteiger partial charge in [0.1, 0.15) is 0 Å². The van der Waals surface area contributed by atoms with E-state index in [0.29, 0.717) is 25.0 Å². The molecule has 1 fully saturated rings. The van der Waals surface area contributed by atoms with Gasteiger partial charge in [0.25, 0.3) is 0 Å². The maximum Gasteiger partial charge on any atom is 0.418 e. The molecule has 2 unspecified atom stereocenters. The number of alkyl halides is 6. The highest BCUT2D eigenvalue weighted by atomic mass is 31.2. The molecule has 0 saturated heterocycles. The van der Waals surface area contributed by atoms with Gasteiger partial charge < -0.3 is 0 Å². The molecule has 0 spiro atoms. The molecule has 0 radical (unpaired) electrons. The van der Waals surface area contributed by atoms with Gasteiger partial charge in [-0.1, -0.05) is 31.4 Å². The normalized spacial score (nSPS) is 22.4. The number of hydrogen-bond donors (Lipinski definition) is 0. The van der Waals surface area contributed by atoms with Crippen molar-refractivity contribution >= 4 is 7.60 Å². The van der Waals surface area contributed by atoms with Gasteiger partial charge in [-0.15, -0.1) is 13.2 Å². The lowest BCUT2D eigenvalue weighted by Gasteiger charge is -2.34. The van der Waals surface area contributed by atoms with E-state index in [-0.39, 0.29) is 12.8 Å². The fourth-order valence-corrected chi connectivity index (χ4v) is 4.82. The zero-order valence-electron chi connectivity index (χ0n) is 12.8. The predicted molar refractivity (Wildman–Crippen MR) is 76.7 cm³/mol. The first kappa shape index (κ1) is 21.3. The van der Waals surface area contributed by atoms with Crippen molar-refractivity contribution in [1.82, 2.24) is 0 Å². The Balaban J connectivity index is 3.13. The van der Waals surface area contributed by atoms with Crippen LogP contribution >= 0.6 is 7.60 Å². The van der Waals surface area contributed by atoms with Gasteiger partial charge in [0.05, 0.1) is 5.66 Å². The molecule has 0 heterocycles. The number of rotatable bonds is 7. The van der Waals surface area contributed by atoms with E-state index in [1.807, 2.05) is 0 Å². The van der Waals surface area contributed by atoms with E-state index in [0.717, 1.165) is 6.42 Å². The highest BCUT2D eigenvalue weighted by molar-refractivity contribution is 7.54. The predicted octanol–water partition coefficient (Wildman–Crippen LogP) is 5.78. The first-order chi connectivity index (χ1) is 10.9. The monoisotopic (exact) mass is 380 g/mol. The van der Waals surface area contributed by atoms with E-state index in [1.54, 1.807) is 0 Å². The van der Waals surface area contributed by atoms with E-state index < -0.39 is 37.8 Å². The maximum atomic E-state index is 12.9. The molecule has 2 atom stereocenters. The van der Waals surface area contributed by atoms with Crippen molar-refractivity contribution in [3.05, 3.63) is 25.3 Å². The molecule has 10 heteroatoms. The highest BCUT2D eigenvalue weighted by Crippen LogP contribution is 2.61. The van der Waals surface area contributed by atoms with Gasteiger partial charge in [-0.25, -0.2) is 0 Å². The minimum atomic E-state index is -4.96. The average molecular weight is 380 g/mol. The van der Waals surface area contributed by atoms with Gasteiger partial charge in [-0.3, -0.25) is 13.6 Å². The summed E-state index contributed by atoms with van der Waals surface area (Å²) in [7, 11) is -4.72. The SMILES string of the molecule is C=CC(OP(=O)(OC(C=C)C(F)(F)F)C1CCCCC1)C(F)(F)F. The topological polar surface area (TPSA) is 35.5 Å². The quantitative estimate of drug-likeness (QED) is 0.319. The Morgan fingerprint density at radius 1 is 0.875 bits per heavy atom. The van der Waals surface area contributed by atoms with E-state index >= 15 is 0 Å². The summed E-state index contributed by atoms with van der Waals surface area (Å²) in [5, 5.41) is 0. The number of halogens is 6. The molecule has 3 nitrogen and oxygen atoms in total. The second-order valence-corrected chi connectivity index (χ2v) is 7.67. The molecule has 0 amide bonds. The Morgan fingerprint density at radius 2 is 1.25 bits per heavy atom. The summed E-state index contributed by atoms with van der Waals surface area (Å²) < 4.78 is 99.1. The van der Waals surface area contributed by atoms with Gasteiger partial charge in [0.2, 0.25) is 0 Å². The molecule has 24 heavy (non-hydrogen) atoms. The minimum Gasteiger partial charge on any atom is -0.291 e. The molecule has 140 valence electrons. The third-order valence-corrected chi connectivity index (χ3v) is 6.07. The molecule has 0 bridgehead atoms. The Kier molecular flexibility index (Phi) is 7.14. The van der Waals surface area contributed by atoms with Crippen LogP contribution in [0.15, 0.2) is 25.3 Å². The standard InChI is InChI=1S/C14H19F6O3P/c1-3-11(13(15,16)17)22-24(21,10-8-6-5-7-9-10)23-12(4-2)14(18,19)20/h3-4,10-12H,1-2,5-9H2. The summed E-state index contributed by atoms with van der Waals surface area (Å²) >= 11 is 0. The second-order valence-electron chi connectivity index (χ2n) is 5.44. The highest BCUT2D eigenvalue weighted by Gasteiger charge is 2.51. The molecule has 1 rings (SSSR count). The van der Waals surface area contributed by atoms with Crippen molar-refractivity contribution in [2.45, 2.75) is 62.3 Å². The first-order valence-corrected chi connectivity index (χ1v) is 8.90. The summed E-state index contributed by atoms with van der Waals surface area (Å²) in [5.74, 6) is 0. The van der Waals surface area contributed by atoms with E-state index in [1.165, 1.54) is 0 Å². The molecule has 0 aromatic rings. The van der Waals surface area contributed by atoms with Crippen molar-refractivity contribution in [2.24, 2.45) is 0 Å². The Hall–Kier alpha value is -0.790. The van der Waals surface area contributed by atoms with E-state index in [4.69, 9.17) is 0 Å². The van der Waals surface area contributed by atoms with Gasteiger partial charge in [-0.05, 0) is 12.8 Å². The molecule has 1 aliphatic rings. The summed E-state index contributed by atoms with van der Waals surface area (Å²) in [4.78, 5) is 0. The second kappa shape index (κ2) is 8.06. The minimum absolute atomic E-state index is 0.167. The zero-order valence-corrected chi connectivity index (χ0v) is 13.7. The third kappa shape index (κ3) is 5.63. The van der Waals surface area contributed by atoms with Crippen molar-refractivity contribution < 1.29 is 40.0 Å². The van der Waals surface area contributed by atoms with Crippen LogP contribution in [0.5, 0.6) is 0 Å². The Bertz CT molecular complexity index is 450. The summed E-state index contributed by atoms with van der Waals surface area (Å²) in [6, 6.07) is 0. The van der Waals surface area contributed by atoms with Gasteiger partial charge >= 0.3 is 19.9 Å². The molecular weight excluding hydrogens is 361 g/mol. The van der Waals surface area contributed by atoms with Crippen LogP contribution in [0.4, 0.5) is 26.3 Å². The Morgan fingerprint density at radius 3 is 1.54 bits per heavy atom. The van der Waals surface area contributed by atoms with Gasteiger partial charge in [0.15, 0.2) is 12.2 Å². The lowest BCUT2D eigenvalue weighted by Crippen LogP contribution is -2.35. The molecule has 0 N–H and O–H groups in total. The maximum absolute atomic E-state index is 12.9. The fourth-order valence-electron chi connectivity index (χ4n) is 2.38. The van der Waals surface area contributed by atoms with Crippen LogP contribution < -0.4 is 0 Å². The van der Waals surface area contributed by atoms with Crippen molar-refractivity contribution in [1.29, 1.82) is 0 Å². The van der Waals surface area contributed by atoms with E-state index in [9.17, 15) is 30.9 Å². The van der Waals surface area contributed by atoms with Gasteiger partial charge in [0, 0.05) is 0 Å². The van der Waals surface area contributed by atoms with Crippen LogP contribution in [-0.2, 0) is 13.6 Å². The zero-order chi connectivity index (χ0) is 18.6. The van der Waals surface area contributed by atoms with Crippen molar-refractivity contribution in [3.63, 3.8) is 0 Å². The van der Waals surface area contributed by atoms with Crippen LogP contribution in [0.1, 0.15) is 32.1 Å². The largest absolute Gasteiger partial charge is 0.418 e. The smallest absolute Gasteiger partial charge is 0.291 e. The van der Waals surface area contributed by atoms with Crippen LogP contribution in [0.3, 0.4) is 0 Å². The van der Waals surface area contributed by atoms with Gasteiger partial charge in [-0.2, -0.15) is 26.3 Å². The molecule has 0 aliphatic heterocycles. The lowest BCUT2D eigenvalue weighted by atomic mass is 10.0. The molecule has 0 aromatic carbocycles. The van der Waals surface area contributed by atoms with E-state index in [2.05, 4.69) is 22.2 Å². The molecule has 0 aromatic heterocycles. The summed E-state index contributed by atoms with van der Waals surface area (Å²) in [6.07, 6.45) is -12.5.